The highest BCUT2D eigenvalue weighted by Gasteiger charge is 2.34. The zero-order valence-electron chi connectivity index (χ0n) is 14.8. The number of aryl methyl sites for hydroxylation is 1. The van der Waals surface area contributed by atoms with Gasteiger partial charge in [-0.2, -0.15) is 0 Å². The van der Waals surface area contributed by atoms with E-state index in [0.29, 0.717) is 18.7 Å². The van der Waals surface area contributed by atoms with Crippen LogP contribution in [0.25, 0.3) is 0 Å². The lowest BCUT2D eigenvalue weighted by molar-refractivity contribution is -0.255. The average molecular weight is 360 g/mol. The number of hydrogen-bond acceptors (Lipinski definition) is 4. The Morgan fingerprint density at radius 3 is 2.70 bits per heavy atom. The summed E-state index contributed by atoms with van der Waals surface area (Å²) < 4.78 is 1.86. The van der Waals surface area contributed by atoms with E-state index in [9.17, 15) is 14.7 Å². The molecule has 0 spiro atoms. The lowest BCUT2D eigenvalue weighted by atomic mass is 9.97. The summed E-state index contributed by atoms with van der Waals surface area (Å²) in [4.78, 5) is 30.5. The van der Waals surface area contributed by atoms with Crippen molar-refractivity contribution in [1.82, 2.24) is 14.5 Å². The molecule has 1 aliphatic rings. The van der Waals surface area contributed by atoms with Gasteiger partial charge in [-0.3, -0.25) is 4.79 Å². The van der Waals surface area contributed by atoms with Crippen LogP contribution in [0.5, 0.6) is 0 Å². The maximum absolute atomic E-state index is 13.3. The van der Waals surface area contributed by atoms with Crippen molar-refractivity contribution < 1.29 is 14.7 Å². The van der Waals surface area contributed by atoms with Gasteiger partial charge in [0, 0.05) is 18.3 Å². The molecule has 6 heteroatoms. The van der Waals surface area contributed by atoms with Crippen molar-refractivity contribution in [2.45, 2.75) is 26.1 Å². The van der Waals surface area contributed by atoms with E-state index in [1.807, 2.05) is 34.9 Å². The summed E-state index contributed by atoms with van der Waals surface area (Å²) in [6.07, 6.45) is 3.42. The Morgan fingerprint density at radius 1 is 1.22 bits per heavy atom. The molecule has 1 atom stereocenters. The van der Waals surface area contributed by atoms with Gasteiger partial charge >= 0.3 is 0 Å². The molecule has 1 amide bonds. The molecule has 0 aliphatic carbocycles. The van der Waals surface area contributed by atoms with E-state index in [1.54, 1.807) is 36.5 Å². The van der Waals surface area contributed by atoms with Crippen molar-refractivity contribution in [3.63, 3.8) is 0 Å². The number of aromatic nitrogens is 2. The Hall–Kier alpha value is -3.41. The van der Waals surface area contributed by atoms with Crippen LogP contribution in [0.15, 0.2) is 61.1 Å². The quantitative estimate of drug-likeness (QED) is 0.709. The summed E-state index contributed by atoms with van der Waals surface area (Å²) in [6.45, 7) is 2.70. The van der Waals surface area contributed by atoms with Crippen LogP contribution in [-0.4, -0.2) is 26.3 Å². The van der Waals surface area contributed by atoms with Crippen molar-refractivity contribution in [3.8, 4) is 0 Å². The van der Waals surface area contributed by atoms with E-state index >= 15 is 0 Å². The monoisotopic (exact) mass is 360 g/mol. The molecule has 3 aromatic rings. The van der Waals surface area contributed by atoms with Crippen molar-refractivity contribution in [2.75, 3.05) is 0 Å². The average Bonchev–Trinajstić information content (AvgIpc) is 3.10. The number of carbonyl (C=O) groups is 2. The normalized spacial score (nSPS) is 16.3. The van der Waals surface area contributed by atoms with Crippen LogP contribution < -0.4 is 5.11 Å². The molecule has 136 valence electrons. The Bertz CT molecular complexity index is 1010. The lowest BCUT2D eigenvalue weighted by Gasteiger charge is -2.34. The van der Waals surface area contributed by atoms with Gasteiger partial charge < -0.3 is 19.4 Å². The van der Waals surface area contributed by atoms with Gasteiger partial charge in [0.05, 0.1) is 24.5 Å². The first-order chi connectivity index (χ1) is 13.0. The van der Waals surface area contributed by atoms with Gasteiger partial charge in [0.25, 0.3) is 5.91 Å². The molecule has 1 unspecified atom stereocenters. The summed E-state index contributed by atoms with van der Waals surface area (Å²) in [7, 11) is 0. The predicted octanol–water partition coefficient (Wildman–Crippen LogP) is 1.69. The number of aromatic carboxylic acids is 1. The summed E-state index contributed by atoms with van der Waals surface area (Å²) in [5, 5.41) is 11.2. The van der Waals surface area contributed by atoms with Gasteiger partial charge in [0.1, 0.15) is 6.04 Å². The van der Waals surface area contributed by atoms with Gasteiger partial charge in [-0.25, -0.2) is 4.98 Å². The Labute approximate surface area is 156 Å². The zero-order chi connectivity index (χ0) is 19.0. The third-order valence-electron chi connectivity index (χ3n) is 4.93. The minimum absolute atomic E-state index is 0.0371. The number of amides is 1. The zero-order valence-corrected chi connectivity index (χ0v) is 14.8. The molecule has 0 bridgehead atoms. The van der Waals surface area contributed by atoms with Crippen LogP contribution in [-0.2, 0) is 17.9 Å². The first-order valence-electron chi connectivity index (χ1n) is 8.70. The highest BCUT2D eigenvalue weighted by Crippen LogP contribution is 2.30. The maximum Gasteiger partial charge on any atom is 0.250 e. The molecule has 0 saturated carbocycles. The van der Waals surface area contributed by atoms with E-state index < -0.39 is 12.0 Å². The molecule has 6 nitrogen and oxygen atoms in total. The Kier molecular flexibility index (Phi) is 4.24. The SMILES string of the molecule is Cc1cc(C2C(=O)N(Cc3ccccc3)Cc3cncn32)ccc1C(=O)[O-]. The smallest absolute Gasteiger partial charge is 0.250 e. The van der Waals surface area contributed by atoms with Gasteiger partial charge in [-0.1, -0.05) is 48.5 Å². The molecule has 0 N–H and O–H groups in total. The second-order valence-electron chi connectivity index (χ2n) is 6.74. The summed E-state index contributed by atoms with van der Waals surface area (Å²) >= 11 is 0. The first kappa shape index (κ1) is 17.0. The number of rotatable bonds is 4. The van der Waals surface area contributed by atoms with Gasteiger partial charge in [-0.15, -0.1) is 0 Å². The van der Waals surface area contributed by atoms with Crippen molar-refractivity contribution in [3.05, 3.63) is 89.0 Å². The van der Waals surface area contributed by atoms with Gasteiger partial charge in [0.2, 0.25) is 0 Å². The fraction of sp³-hybridized carbons (Fsp3) is 0.190. The molecule has 0 saturated heterocycles. The van der Waals surface area contributed by atoms with E-state index in [0.717, 1.165) is 16.8 Å². The van der Waals surface area contributed by atoms with Crippen LogP contribution in [0.1, 0.15) is 38.8 Å². The standard InChI is InChI=1S/C21H19N3O3/c1-14-9-16(7-8-18(14)21(26)27)19-20(25)23(11-15-5-3-2-4-6-15)12-17-10-22-13-24(17)19/h2-10,13,19H,11-12H2,1H3,(H,26,27)/p-1. The van der Waals surface area contributed by atoms with Crippen LogP contribution >= 0.6 is 0 Å². The van der Waals surface area contributed by atoms with Crippen LogP contribution in [0.2, 0.25) is 0 Å². The lowest BCUT2D eigenvalue weighted by Crippen LogP contribution is -2.42. The Balaban J connectivity index is 1.72. The Morgan fingerprint density at radius 2 is 2.00 bits per heavy atom. The van der Waals surface area contributed by atoms with E-state index in [2.05, 4.69) is 4.98 Å². The minimum atomic E-state index is -1.22. The van der Waals surface area contributed by atoms with Crippen molar-refractivity contribution in [1.29, 1.82) is 0 Å². The largest absolute Gasteiger partial charge is 0.545 e. The van der Waals surface area contributed by atoms with Crippen molar-refractivity contribution >= 4 is 11.9 Å². The minimum Gasteiger partial charge on any atom is -0.545 e. The van der Waals surface area contributed by atoms with Crippen LogP contribution in [0.4, 0.5) is 0 Å². The van der Waals surface area contributed by atoms with Gasteiger partial charge in [-0.05, 0) is 23.6 Å². The molecule has 4 rings (SSSR count). The van der Waals surface area contributed by atoms with Crippen LogP contribution in [0, 0.1) is 6.92 Å². The molecule has 27 heavy (non-hydrogen) atoms. The fourth-order valence-corrected chi connectivity index (χ4v) is 3.58. The van der Waals surface area contributed by atoms with E-state index in [-0.39, 0.29) is 11.5 Å². The number of fused-ring (bicyclic) bond motifs is 1. The highest BCUT2D eigenvalue weighted by molar-refractivity contribution is 5.89. The second-order valence-corrected chi connectivity index (χ2v) is 6.74. The summed E-state index contributed by atoms with van der Waals surface area (Å²) in [5.41, 5.74) is 3.44. The molecule has 0 radical (unpaired) electrons. The molecular formula is C21H18N3O3-. The number of benzene rings is 2. The third kappa shape index (κ3) is 3.10. The number of hydrogen-bond donors (Lipinski definition) is 0. The molecular weight excluding hydrogens is 342 g/mol. The topological polar surface area (TPSA) is 78.3 Å². The maximum atomic E-state index is 13.3. The second kappa shape index (κ2) is 6.72. The van der Waals surface area contributed by atoms with E-state index in [4.69, 9.17) is 0 Å². The highest BCUT2D eigenvalue weighted by atomic mass is 16.4. The number of imidazole rings is 1. The molecule has 0 fully saturated rings. The summed E-state index contributed by atoms with van der Waals surface area (Å²) in [5.74, 6) is -1.26. The van der Waals surface area contributed by atoms with Gasteiger partial charge in [0.15, 0.2) is 0 Å². The molecule has 1 aliphatic heterocycles. The number of carboxylic acids is 1. The number of nitrogens with zero attached hydrogens (tertiary/aromatic N) is 3. The first-order valence-corrected chi connectivity index (χ1v) is 8.70. The van der Waals surface area contributed by atoms with Crippen molar-refractivity contribution in [2.24, 2.45) is 0 Å². The number of carboxylic acid groups (broad SMARTS) is 1. The van der Waals surface area contributed by atoms with Crippen LogP contribution in [0.3, 0.4) is 0 Å². The fourth-order valence-electron chi connectivity index (χ4n) is 3.58. The summed E-state index contributed by atoms with van der Waals surface area (Å²) in [6, 6.07) is 14.2. The predicted molar refractivity (Wildman–Crippen MR) is 96.6 cm³/mol. The molecule has 2 aromatic carbocycles. The molecule has 2 heterocycles. The van der Waals surface area contributed by atoms with E-state index in [1.165, 1.54) is 6.07 Å². The third-order valence-corrected chi connectivity index (χ3v) is 4.93. The number of carbonyl (C=O) groups excluding carboxylic acids is 2. The molecule has 1 aromatic heterocycles.